The fraction of sp³-hybridized carbons (Fsp3) is 0.518. The molecule has 2 aromatic heterocycles. The second kappa shape index (κ2) is 37.3. The first-order valence-corrected chi connectivity index (χ1v) is 48.2. The summed E-state index contributed by atoms with van der Waals surface area (Å²) in [5.74, 6) is -5.62. The summed E-state index contributed by atoms with van der Waals surface area (Å²) in [5, 5.41) is 13.3. The van der Waals surface area contributed by atoms with Crippen LogP contribution in [-0.2, 0) is 124 Å². The molecule has 2 aromatic carbocycles. The highest BCUT2D eigenvalue weighted by Crippen LogP contribution is 2.75. The molecule has 1 fully saturated rings. The third-order valence-electron chi connectivity index (χ3n) is 16.4. The maximum Gasteiger partial charge on any atom is 0.490 e. The van der Waals surface area contributed by atoms with Crippen molar-refractivity contribution in [3.63, 3.8) is 0 Å². The summed E-state index contributed by atoms with van der Waals surface area (Å²) >= 11 is 0. The number of fused-ring (bicyclic) bond motifs is 3. The third-order valence-corrected chi connectivity index (χ3v) is 28.8. The molecule has 0 spiro atoms. The maximum absolute atomic E-state index is 14.1. The lowest BCUT2D eigenvalue weighted by Gasteiger charge is -2.27. The number of benzene rings is 2. The fourth-order valence-electron chi connectivity index (χ4n) is 11.9. The topological polar surface area (TPSA) is 693 Å². The zero-order valence-electron chi connectivity index (χ0n) is 59.3. The van der Waals surface area contributed by atoms with Crippen molar-refractivity contribution in [3.8, 4) is 0 Å². The molecule has 0 saturated carbocycles. The Morgan fingerprint density at radius 1 is 0.634 bits per heavy atom. The highest BCUT2D eigenvalue weighted by atomic mass is 32.2. The van der Waals surface area contributed by atoms with Crippen molar-refractivity contribution in [1.82, 2.24) is 24.8 Å². The average molecular weight is 1790 g/mol. The Balaban J connectivity index is 0.941. The number of esters is 2. The monoisotopic (exact) mass is 1790 g/mol. The molecule has 56 heteroatoms. The number of phosphoric ester groups is 2. The van der Waals surface area contributed by atoms with Crippen LogP contribution in [0.25, 0.3) is 11.2 Å². The summed E-state index contributed by atoms with van der Waals surface area (Å²) in [5.41, 5.74) is 5.76. The molecule has 626 valence electrons. The van der Waals surface area contributed by atoms with Crippen molar-refractivity contribution in [1.29, 1.82) is 0 Å². The van der Waals surface area contributed by atoms with Gasteiger partial charge in [-0.25, -0.2) is 51.9 Å². The van der Waals surface area contributed by atoms with E-state index in [4.69, 9.17) is 24.5 Å². The van der Waals surface area contributed by atoms with E-state index in [-0.39, 0.29) is 122 Å². The van der Waals surface area contributed by atoms with Crippen LogP contribution in [0.15, 0.2) is 79.1 Å². The third kappa shape index (κ3) is 27.5. The number of phosphoric acid groups is 6. The number of aromatic nitrogens is 4. The Hall–Kier alpha value is -5.69. The van der Waals surface area contributed by atoms with Gasteiger partial charge in [0.2, 0.25) is 5.69 Å². The molecule has 112 heavy (non-hydrogen) atoms. The molecule has 1 saturated heterocycles. The van der Waals surface area contributed by atoms with Gasteiger partial charge in [0.1, 0.15) is 30.7 Å². The normalized spacial score (nSPS) is 20.9. The van der Waals surface area contributed by atoms with Gasteiger partial charge < -0.3 is 64.6 Å². The number of hydrogen-bond acceptors (Lipinski definition) is 33. The molecular weight excluding hydrogens is 1710 g/mol. The SMILES string of the molecule is CC1(C)C(=CC=CC=CC2=[N+](CCCS(=O)(=O)O)c3cccc(C(=O)NCCCCCCOP(=O)(O)OP(=O)(O)OP(=O)(O)OP(=O)(O)OP(=O)(O)OP(=O)(O)OC[C@H]4O[C@@H](n5cnc6c(N)ncnc65)CC4O)c3C2(C)C)N(CCCS(=O)(=O)O)c2cc(C(=O)OCCCS(=O)(=O)O)cc(C(=O)OCCCS(=O)(=O)O)c21. The number of imidazole rings is 1. The first-order chi connectivity index (χ1) is 51.5. The van der Waals surface area contributed by atoms with Gasteiger partial charge in [0.05, 0.1) is 89.5 Å². The zero-order chi connectivity index (χ0) is 83.7. The van der Waals surface area contributed by atoms with Crippen molar-refractivity contribution in [2.75, 3.05) is 79.7 Å². The number of carbonyl (C=O) groups is 3. The average Bonchev–Trinajstić information content (AvgIpc) is 1.57. The first-order valence-electron chi connectivity index (χ1n) is 32.8. The fourth-order valence-corrected chi connectivity index (χ4v) is 21.7. The minimum Gasteiger partial charge on any atom is -0.462 e. The van der Waals surface area contributed by atoms with Crippen molar-refractivity contribution < 1.29 is 178 Å². The molecule has 1 amide bonds. The van der Waals surface area contributed by atoms with Crippen LogP contribution in [0.2, 0.25) is 0 Å². The van der Waals surface area contributed by atoms with Gasteiger partial charge in [-0.1, -0.05) is 51.0 Å². The molecular formula is C56H81N8O38P6S4+. The number of ether oxygens (including phenoxy) is 3. The molecule has 5 heterocycles. The highest BCUT2D eigenvalue weighted by Gasteiger charge is 2.52. The van der Waals surface area contributed by atoms with Crippen LogP contribution in [-0.4, -0.2) is 215 Å². The van der Waals surface area contributed by atoms with E-state index in [1.807, 2.05) is 0 Å². The van der Waals surface area contributed by atoms with E-state index in [1.165, 1.54) is 17.0 Å². The predicted molar refractivity (Wildman–Crippen MR) is 388 cm³/mol. The van der Waals surface area contributed by atoms with Crippen molar-refractivity contribution in [2.24, 2.45) is 0 Å². The van der Waals surface area contributed by atoms with Crippen LogP contribution in [0.3, 0.4) is 0 Å². The second-order valence-corrected chi connectivity index (χ2v) is 41.4. The van der Waals surface area contributed by atoms with Gasteiger partial charge in [0.25, 0.3) is 46.4 Å². The number of nitrogens with two attached hydrogens (primary N) is 1. The summed E-state index contributed by atoms with van der Waals surface area (Å²) < 4.78 is 254. The van der Waals surface area contributed by atoms with Crippen molar-refractivity contribution >= 4 is 139 Å². The van der Waals surface area contributed by atoms with E-state index in [9.17, 15) is 124 Å². The van der Waals surface area contributed by atoms with Gasteiger partial charge in [0.15, 0.2) is 17.2 Å². The molecule has 7 unspecified atom stereocenters. The summed E-state index contributed by atoms with van der Waals surface area (Å²) in [7, 11) is -55.5. The lowest BCUT2D eigenvalue weighted by molar-refractivity contribution is -0.437. The molecule has 46 nitrogen and oxygen atoms in total. The summed E-state index contributed by atoms with van der Waals surface area (Å²) in [4.78, 5) is 115. The van der Waals surface area contributed by atoms with Crippen molar-refractivity contribution in [3.05, 3.63) is 107 Å². The molecule has 9 atom stereocenters. The van der Waals surface area contributed by atoms with Crippen LogP contribution in [0.4, 0.5) is 17.2 Å². The summed E-state index contributed by atoms with van der Waals surface area (Å²) in [6.07, 6.45) is 5.85. The van der Waals surface area contributed by atoms with E-state index in [0.717, 1.165) is 12.4 Å². The lowest BCUT2D eigenvalue weighted by Crippen LogP contribution is -2.32. The smallest absolute Gasteiger partial charge is 0.462 e. The number of aliphatic hydroxyl groups is 1. The van der Waals surface area contributed by atoms with Crippen molar-refractivity contribution in [2.45, 2.75) is 115 Å². The number of allylic oxidation sites excluding steroid dienone is 6. The molecule has 7 rings (SSSR count). The number of anilines is 2. The number of carbonyl (C=O) groups excluding carboxylic acids is 3. The molecule has 14 N–H and O–H groups in total. The van der Waals surface area contributed by atoms with Crippen LogP contribution in [0.1, 0.15) is 134 Å². The van der Waals surface area contributed by atoms with Crippen LogP contribution in [0, 0.1) is 0 Å². The molecule has 4 aromatic rings. The second-order valence-electron chi connectivity index (χ2n) is 25.7. The van der Waals surface area contributed by atoms with E-state index in [2.05, 4.69) is 50.9 Å². The number of nitrogen functional groups attached to an aromatic ring is 1. The number of rotatable bonds is 44. The van der Waals surface area contributed by atoms with E-state index in [0.29, 0.717) is 22.7 Å². The number of nitrogens with one attached hydrogen (secondary N) is 1. The van der Waals surface area contributed by atoms with Gasteiger partial charge in [0, 0.05) is 60.4 Å². The molecule has 0 aliphatic carbocycles. The molecule has 3 aliphatic rings. The number of hydrogen-bond donors (Lipinski definition) is 13. The number of unbranched alkanes of at least 4 members (excludes halogenated alkanes) is 3. The van der Waals surface area contributed by atoms with Crippen LogP contribution in [0.5, 0.6) is 0 Å². The Bertz CT molecular complexity index is 5140. The Kier molecular flexibility index (Phi) is 31.1. The lowest BCUT2D eigenvalue weighted by atomic mass is 9.78. The summed E-state index contributed by atoms with van der Waals surface area (Å²) in [6, 6.07) is 7.24. The molecule has 3 aliphatic heterocycles. The van der Waals surface area contributed by atoms with E-state index in [1.54, 1.807) is 85.7 Å². The van der Waals surface area contributed by atoms with E-state index >= 15 is 0 Å². The minimum atomic E-state index is -6.59. The molecule has 0 radical (unpaired) electrons. The number of nitrogens with zero attached hydrogens (tertiary/aromatic N) is 6. The Morgan fingerprint density at radius 2 is 1.18 bits per heavy atom. The molecule has 0 bridgehead atoms. The summed E-state index contributed by atoms with van der Waals surface area (Å²) in [6.45, 7) is 3.95. The predicted octanol–water partition coefficient (Wildman–Crippen LogP) is 5.36. The Labute approximate surface area is 639 Å². The quantitative estimate of drug-likeness (QED) is 0.00661. The van der Waals surface area contributed by atoms with Crippen LogP contribution >= 0.6 is 46.9 Å². The van der Waals surface area contributed by atoms with Gasteiger partial charge >= 0.3 is 58.9 Å². The zero-order valence-corrected chi connectivity index (χ0v) is 68.0. The van der Waals surface area contributed by atoms with Gasteiger partial charge in [-0.2, -0.15) is 59.8 Å². The first kappa shape index (κ1) is 93.5. The van der Waals surface area contributed by atoms with Gasteiger partial charge in [-0.05, 0) is 70.2 Å². The van der Waals surface area contributed by atoms with E-state index < -0.39 is 184 Å². The van der Waals surface area contributed by atoms with Gasteiger partial charge in [-0.3, -0.25) is 36.6 Å². The number of aliphatic hydroxyl groups excluding tert-OH is 1. The maximum atomic E-state index is 14.1. The minimum absolute atomic E-state index is 0.00460. The number of amides is 1. The standard InChI is InChI=1S/C56H80N8O38P6S4/c1-55(2)44(19-8-7-9-20-45-56(3,4)48-39(54(68)94-25-16-30-112(90,91)92)31-37(53(67)93-24-15-29-111(87,88)89)32-41(48)63(45)23-14-28-110(84,85)86)62(22-13-27-109(81,82)83)40-18-12-17-38(47(40)55)52(66)58-21-10-5-6-11-26-95-103(69,70)98-105(73,74)100-107(77,78)102-108(79,80)101-106(75,76)99-104(71,72)96-34-43-42(65)33-46(97-43)64-36-61-49-50(57)59-35-60-51(49)64/h7-9,12,17-20,31-32,35-36,42-43,46,65H,5-6,10-11,13-16,21-30,33-34H2,1-4H3,(H12-,57,58,59,60,66,69,70,71,72,73,74,75,76,77,78,79,80,81,82,83,84,85,86,87,88,89,90,91,92)/p+1/t42?,43-,46-/m1/s1. The highest BCUT2D eigenvalue weighted by molar-refractivity contribution is 7.86. The van der Waals surface area contributed by atoms with Crippen LogP contribution < -0.4 is 16.0 Å². The Morgan fingerprint density at radius 3 is 1.77 bits per heavy atom. The van der Waals surface area contributed by atoms with Gasteiger partial charge in [-0.15, -0.1) is 0 Å². The largest absolute Gasteiger partial charge is 0.490 e.